The molecule has 3 N–H and O–H groups in total. The van der Waals surface area contributed by atoms with Crippen molar-refractivity contribution in [1.82, 2.24) is 15.2 Å². The fourth-order valence-electron chi connectivity index (χ4n) is 5.53. The SMILES string of the molecule is CN(CCc1ccccn1)C[C@@H]1C[C@H](c2ccc(CO)cc2)O[C@H](c2ccc(-c3cccc(CNC(=O)CCC(=O)O)c3)cc2)O1. The highest BCUT2D eigenvalue weighted by Gasteiger charge is 2.32. The standard InChI is InChI=1S/C37H41N3O6/c1-40(20-18-32-7-2-3-19-38-32)24-33-22-34(29-10-8-26(25-41)9-11-29)46-37(45-33)30-14-12-28(13-15-30)31-6-4-5-27(21-31)23-39-35(42)16-17-36(43)44/h2-15,19,21,33-34,37,41H,16-18,20,22-25H2,1H3,(H,39,42)(H,43,44)/t33-,34+,37+/m0/s1. The molecule has 0 bridgehead atoms. The number of benzene rings is 3. The third-order valence-electron chi connectivity index (χ3n) is 8.10. The van der Waals surface area contributed by atoms with Crippen LogP contribution in [0.5, 0.6) is 0 Å². The van der Waals surface area contributed by atoms with Crippen molar-refractivity contribution in [2.24, 2.45) is 0 Å². The monoisotopic (exact) mass is 623 g/mol. The molecular weight excluding hydrogens is 582 g/mol. The first-order chi connectivity index (χ1) is 22.4. The van der Waals surface area contributed by atoms with Crippen LogP contribution in [0, 0.1) is 0 Å². The van der Waals surface area contributed by atoms with Crippen molar-refractivity contribution in [2.45, 2.75) is 57.3 Å². The molecule has 4 aromatic rings. The van der Waals surface area contributed by atoms with Crippen LogP contribution in [0.1, 0.15) is 59.6 Å². The molecule has 0 saturated carbocycles. The molecule has 1 aliphatic rings. The van der Waals surface area contributed by atoms with E-state index in [4.69, 9.17) is 14.6 Å². The third-order valence-corrected chi connectivity index (χ3v) is 8.10. The number of likely N-dealkylation sites (N-methyl/N-ethyl adjacent to an activating group) is 1. The number of aromatic nitrogens is 1. The van der Waals surface area contributed by atoms with Gasteiger partial charge in [-0.05, 0) is 53.1 Å². The molecule has 1 fully saturated rings. The van der Waals surface area contributed by atoms with Gasteiger partial charge in [0.2, 0.25) is 5.91 Å². The number of hydrogen-bond donors (Lipinski definition) is 3. The summed E-state index contributed by atoms with van der Waals surface area (Å²) >= 11 is 0. The summed E-state index contributed by atoms with van der Waals surface area (Å²) in [5.74, 6) is -1.28. The fraction of sp³-hybridized carbons (Fsp3) is 0.324. The van der Waals surface area contributed by atoms with Gasteiger partial charge in [0.05, 0.1) is 25.2 Å². The molecular formula is C37H41N3O6. The number of carbonyl (C=O) groups is 2. The molecule has 0 aliphatic carbocycles. The van der Waals surface area contributed by atoms with E-state index in [-0.39, 0.29) is 37.6 Å². The Morgan fingerprint density at radius 1 is 0.891 bits per heavy atom. The van der Waals surface area contributed by atoms with Crippen LogP contribution in [0.15, 0.2) is 97.2 Å². The highest BCUT2D eigenvalue weighted by Crippen LogP contribution is 2.38. The predicted octanol–water partition coefficient (Wildman–Crippen LogP) is 5.44. The first kappa shape index (κ1) is 33.0. The summed E-state index contributed by atoms with van der Waals surface area (Å²) in [6.45, 7) is 1.93. The average molecular weight is 624 g/mol. The van der Waals surface area contributed by atoms with Crippen molar-refractivity contribution in [3.63, 3.8) is 0 Å². The highest BCUT2D eigenvalue weighted by molar-refractivity contribution is 5.80. The molecule has 0 unspecified atom stereocenters. The van der Waals surface area contributed by atoms with Gasteiger partial charge in [-0.25, -0.2) is 0 Å². The number of nitrogens with zero attached hydrogens (tertiary/aromatic N) is 2. The van der Waals surface area contributed by atoms with Gasteiger partial charge in [0.25, 0.3) is 0 Å². The summed E-state index contributed by atoms with van der Waals surface area (Å²) in [5.41, 5.74) is 6.84. The van der Waals surface area contributed by atoms with Crippen LogP contribution in [-0.2, 0) is 38.6 Å². The second-order valence-electron chi connectivity index (χ2n) is 11.7. The smallest absolute Gasteiger partial charge is 0.303 e. The van der Waals surface area contributed by atoms with Crippen LogP contribution < -0.4 is 5.32 Å². The minimum Gasteiger partial charge on any atom is -0.481 e. The lowest BCUT2D eigenvalue weighted by Gasteiger charge is -2.38. The largest absolute Gasteiger partial charge is 0.481 e. The Morgan fingerprint density at radius 3 is 2.39 bits per heavy atom. The van der Waals surface area contributed by atoms with Crippen molar-refractivity contribution in [2.75, 3.05) is 20.1 Å². The molecule has 1 aromatic heterocycles. The molecule has 5 rings (SSSR count). The number of ether oxygens (including phenoxy) is 2. The van der Waals surface area contributed by atoms with E-state index in [0.717, 1.165) is 58.6 Å². The van der Waals surface area contributed by atoms with E-state index in [2.05, 4.69) is 22.2 Å². The molecule has 240 valence electrons. The molecule has 3 aromatic carbocycles. The van der Waals surface area contributed by atoms with E-state index in [0.29, 0.717) is 13.0 Å². The summed E-state index contributed by atoms with van der Waals surface area (Å²) in [6.07, 6.45) is 2.39. The number of hydrogen-bond acceptors (Lipinski definition) is 7. The van der Waals surface area contributed by atoms with Crippen molar-refractivity contribution >= 4 is 11.9 Å². The van der Waals surface area contributed by atoms with Gasteiger partial charge in [-0.2, -0.15) is 0 Å². The molecule has 1 amide bonds. The van der Waals surface area contributed by atoms with E-state index in [1.807, 2.05) is 97.2 Å². The lowest BCUT2D eigenvalue weighted by atomic mass is 9.99. The molecule has 9 heteroatoms. The van der Waals surface area contributed by atoms with Crippen LogP contribution in [0.3, 0.4) is 0 Å². The Hall–Kier alpha value is -4.41. The van der Waals surface area contributed by atoms with Crippen molar-refractivity contribution in [3.05, 3.63) is 125 Å². The Morgan fingerprint density at radius 2 is 1.67 bits per heavy atom. The second kappa shape index (κ2) is 16.2. The molecule has 0 radical (unpaired) electrons. The van der Waals surface area contributed by atoms with E-state index in [1.165, 1.54) is 0 Å². The normalized spacial score (nSPS) is 17.9. The Bertz CT molecular complexity index is 1560. The summed E-state index contributed by atoms with van der Waals surface area (Å²) in [5, 5.41) is 21.1. The number of rotatable bonds is 14. The summed E-state index contributed by atoms with van der Waals surface area (Å²) in [4.78, 5) is 29.4. The Balaban J connectivity index is 1.26. The molecule has 9 nitrogen and oxygen atoms in total. The lowest BCUT2D eigenvalue weighted by Crippen LogP contribution is -2.38. The number of carbonyl (C=O) groups excluding carboxylic acids is 1. The van der Waals surface area contributed by atoms with Crippen LogP contribution >= 0.6 is 0 Å². The quantitative estimate of drug-likeness (QED) is 0.170. The number of amides is 1. The molecule has 1 aliphatic heterocycles. The number of aliphatic carboxylic acids is 1. The molecule has 0 spiro atoms. The second-order valence-corrected chi connectivity index (χ2v) is 11.7. The van der Waals surface area contributed by atoms with Crippen molar-refractivity contribution in [1.29, 1.82) is 0 Å². The number of nitrogens with one attached hydrogen (secondary N) is 1. The van der Waals surface area contributed by atoms with Crippen molar-refractivity contribution in [3.8, 4) is 11.1 Å². The van der Waals surface area contributed by atoms with Gasteiger partial charge in [0.15, 0.2) is 6.29 Å². The minimum atomic E-state index is -0.990. The van der Waals surface area contributed by atoms with Crippen LogP contribution in [0.25, 0.3) is 11.1 Å². The minimum absolute atomic E-state index is 0.00207. The summed E-state index contributed by atoms with van der Waals surface area (Å²) in [7, 11) is 2.10. The maximum absolute atomic E-state index is 12.0. The topological polar surface area (TPSA) is 121 Å². The van der Waals surface area contributed by atoms with Gasteiger partial charge in [-0.1, -0.05) is 72.8 Å². The third kappa shape index (κ3) is 9.55. The number of aliphatic hydroxyl groups excluding tert-OH is 1. The van der Waals surface area contributed by atoms with Crippen LogP contribution in [-0.4, -0.2) is 58.2 Å². The average Bonchev–Trinajstić information content (AvgIpc) is 3.09. The van der Waals surface area contributed by atoms with Gasteiger partial charge in [0.1, 0.15) is 0 Å². The fourth-order valence-corrected chi connectivity index (χ4v) is 5.53. The Kier molecular flexibility index (Phi) is 11.6. The van der Waals surface area contributed by atoms with E-state index in [1.54, 1.807) is 0 Å². The van der Waals surface area contributed by atoms with Crippen molar-refractivity contribution < 1.29 is 29.3 Å². The predicted molar refractivity (Wildman–Crippen MR) is 174 cm³/mol. The van der Waals surface area contributed by atoms with Crippen LogP contribution in [0.2, 0.25) is 0 Å². The van der Waals surface area contributed by atoms with Gasteiger partial charge in [-0.3, -0.25) is 14.6 Å². The first-order valence-corrected chi connectivity index (χ1v) is 15.6. The zero-order valence-electron chi connectivity index (χ0n) is 26.0. The van der Waals surface area contributed by atoms with Gasteiger partial charge in [0, 0.05) is 56.4 Å². The number of carboxylic acid groups (broad SMARTS) is 1. The van der Waals surface area contributed by atoms with E-state index >= 15 is 0 Å². The number of aliphatic hydroxyl groups is 1. The first-order valence-electron chi connectivity index (χ1n) is 15.6. The zero-order valence-corrected chi connectivity index (χ0v) is 26.0. The lowest BCUT2D eigenvalue weighted by molar-refractivity contribution is -0.252. The zero-order chi connectivity index (χ0) is 32.3. The number of carboxylic acids is 1. The van der Waals surface area contributed by atoms with E-state index < -0.39 is 12.3 Å². The number of pyridine rings is 1. The highest BCUT2D eigenvalue weighted by atomic mass is 16.7. The van der Waals surface area contributed by atoms with Crippen LogP contribution in [0.4, 0.5) is 0 Å². The Labute approximate surface area is 269 Å². The molecule has 2 heterocycles. The van der Waals surface area contributed by atoms with Gasteiger partial charge < -0.3 is 29.9 Å². The van der Waals surface area contributed by atoms with Gasteiger partial charge >= 0.3 is 5.97 Å². The van der Waals surface area contributed by atoms with E-state index in [9.17, 15) is 14.7 Å². The molecule has 1 saturated heterocycles. The summed E-state index contributed by atoms with van der Waals surface area (Å²) in [6, 6.07) is 29.9. The maximum atomic E-state index is 12.0. The van der Waals surface area contributed by atoms with Gasteiger partial charge in [-0.15, -0.1) is 0 Å². The molecule has 3 atom stereocenters. The maximum Gasteiger partial charge on any atom is 0.303 e. The molecule has 46 heavy (non-hydrogen) atoms. The summed E-state index contributed by atoms with van der Waals surface area (Å²) < 4.78 is 13.1.